The summed E-state index contributed by atoms with van der Waals surface area (Å²) in [6.07, 6.45) is 0. The Morgan fingerprint density at radius 3 is 2.65 bits per heavy atom. The number of aromatic amines is 1. The zero-order chi connectivity index (χ0) is 22.2. The number of nitrogens with zero attached hydrogens (tertiary/aromatic N) is 3. The van der Waals surface area contributed by atoms with Gasteiger partial charge in [0.25, 0.3) is 0 Å². The molecule has 2 aromatic carbocycles. The van der Waals surface area contributed by atoms with Crippen LogP contribution < -0.4 is 14.8 Å². The van der Waals surface area contributed by atoms with Crippen LogP contribution in [-0.4, -0.2) is 46.0 Å². The van der Waals surface area contributed by atoms with E-state index in [9.17, 15) is 14.9 Å². The van der Waals surface area contributed by atoms with Crippen molar-refractivity contribution in [3.8, 4) is 22.9 Å². The molecule has 31 heavy (non-hydrogen) atoms. The molecule has 0 fully saturated rings. The van der Waals surface area contributed by atoms with E-state index >= 15 is 0 Å². The first-order chi connectivity index (χ1) is 15.0. The van der Waals surface area contributed by atoms with E-state index in [0.29, 0.717) is 17.4 Å². The summed E-state index contributed by atoms with van der Waals surface area (Å²) >= 11 is 1.36. The lowest BCUT2D eigenvalue weighted by atomic mass is 10.2. The Bertz CT molecular complexity index is 1050. The molecule has 0 aliphatic carbocycles. The first-order valence-electron chi connectivity index (χ1n) is 9.21. The summed E-state index contributed by atoms with van der Waals surface area (Å²) in [5.41, 5.74) is 1.48. The highest BCUT2D eigenvalue weighted by Gasteiger charge is 2.15. The lowest BCUT2D eigenvalue weighted by molar-refractivity contribution is -0.385. The molecule has 0 bridgehead atoms. The Labute approximate surface area is 182 Å². The highest BCUT2D eigenvalue weighted by molar-refractivity contribution is 7.99. The van der Waals surface area contributed by atoms with Crippen LogP contribution in [0.4, 0.5) is 5.69 Å². The maximum absolute atomic E-state index is 12.1. The van der Waals surface area contributed by atoms with Crippen molar-refractivity contribution in [2.75, 3.05) is 20.0 Å². The smallest absolute Gasteiger partial charge is 0.311 e. The second-order valence-electron chi connectivity index (χ2n) is 6.37. The lowest BCUT2D eigenvalue weighted by Crippen LogP contribution is -2.25. The van der Waals surface area contributed by atoms with Crippen molar-refractivity contribution < 1.29 is 19.2 Å². The van der Waals surface area contributed by atoms with Crippen LogP contribution in [0.3, 0.4) is 0 Å². The van der Waals surface area contributed by atoms with Gasteiger partial charge in [0.15, 0.2) is 11.6 Å². The molecule has 11 heteroatoms. The van der Waals surface area contributed by atoms with Crippen LogP contribution in [0, 0.1) is 10.1 Å². The van der Waals surface area contributed by atoms with E-state index in [1.807, 2.05) is 24.3 Å². The molecule has 3 aromatic rings. The SMILES string of the molecule is COc1ccc(-c2n[nH]c(CNC(=O)CSCc3ccc(OC)c([N+](=O)[O-])c3)n2)cc1. The minimum absolute atomic E-state index is 0.0944. The Balaban J connectivity index is 1.46. The van der Waals surface area contributed by atoms with E-state index in [-0.39, 0.29) is 29.6 Å². The van der Waals surface area contributed by atoms with Crippen molar-refractivity contribution in [3.05, 3.63) is 64.0 Å². The number of benzene rings is 2. The summed E-state index contributed by atoms with van der Waals surface area (Å²) in [4.78, 5) is 27.1. The number of nitrogens with one attached hydrogen (secondary N) is 2. The molecule has 2 N–H and O–H groups in total. The molecule has 1 heterocycles. The van der Waals surface area contributed by atoms with Crippen molar-refractivity contribution in [2.45, 2.75) is 12.3 Å². The van der Waals surface area contributed by atoms with E-state index < -0.39 is 4.92 Å². The standard InChI is InChI=1S/C20H21N5O5S/c1-29-15-6-4-14(5-7-15)20-22-18(23-24-20)10-21-19(26)12-31-11-13-3-8-17(30-2)16(9-13)25(27)28/h3-9H,10-12H2,1-2H3,(H,21,26)(H,22,23,24). The highest BCUT2D eigenvalue weighted by Crippen LogP contribution is 2.29. The van der Waals surface area contributed by atoms with Gasteiger partial charge < -0.3 is 14.8 Å². The lowest BCUT2D eigenvalue weighted by Gasteiger charge is -2.06. The van der Waals surface area contributed by atoms with Crippen molar-refractivity contribution in [3.63, 3.8) is 0 Å². The molecule has 0 aliphatic heterocycles. The number of rotatable bonds is 10. The first kappa shape index (κ1) is 22.1. The fourth-order valence-electron chi connectivity index (χ4n) is 2.71. The number of carbonyl (C=O) groups is 1. The number of H-pyrrole nitrogens is 1. The van der Waals surface area contributed by atoms with Gasteiger partial charge in [-0.1, -0.05) is 6.07 Å². The third kappa shape index (κ3) is 5.95. The molecule has 162 valence electrons. The molecule has 0 saturated carbocycles. The molecule has 3 rings (SSSR count). The molecule has 0 spiro atoms. The maximum Gasteiger partial charge on any atom is 0.311 e. The quantitative estimate of drug-likeness (QED) is 0.361. The van der Waals surface area contributed by atoms with Crippen LogP contribution in [0.1, 0.15) is 11.4 Å². The van der Waals surface area contributed by atoms with Gasteiger partial charge in [0, 0.05) is 17.4 Å². The van der Waals surface area contributed by atoms with E-state index in [1.165, 1.54) is 24.9 Å². The van der Waals surface area contributed by atoms with Gasteiger partial charge in [0.05, 0.1) is 31.4 Å². The van der Waals surface area contributed by atoms with Crippen molar-refractivity contribution >= 4 is 23.4 Å². The zero-order valence-electron chi connectivity index (χ0n) is 17.0. The average Bonchev–Trinajstić information content (AvgIpc) is 3.26. The first-order valence-corrected chi connectivity index (χ1v) is 10.4. The summed E-state index contributed by atoms with van der Waals surface area (Å²) in [5, 5.41) is 20.8. The number of aromatic nitrogens is 3. The summed E-state index contributed by atoms with van der Waals surface area (Å²) in [5.74, 6) is 2.51. The van der Waals surface area contributed by atoms with Crippen molar-refractivity contribution in [2.24, 2.45) is 0 Å². The summed E-state index contributed by atoms with van der Waals surface area (Å²) in [7, 11) is 2.98. The monoisotopic (exact) mass is 443 g/mol. The number of nitro benzene ring substituents is 1. The van der Waals surface area contributed by atoms with Crippen molar-refractivity contribution in [1.29, 1.82) is 0 Å². The van der Waals surface area contributed by atoms with Gasteiger partial charge in [-0.05, 0) is 35.9 Å². The van der Waals surface area contributed by atoms with Gasteiger partial charge in [-0.3, -0.25) is 20.0 Å². The largest absolute Gasteiger partial charge is 0.497 e. The van der Waals surface area contributed by atoms with Gasteiger partial charge in [-0.2, -0.15) is 5.10 Å². The number of hydrogen-bond donors (Lipinski definition) is 2. The topological polar surface area (TPSA) is 132 Å². The predicted molar refractivity (Wildman–Crippen MR) is 116 cm³/mol. The Morgan fingerprint density at radius 2 is 1.97 bits per heavy atom. The number of hydrogen-bond acceptors (Lipinski definition) is 8. The van der Waals surface area contributed by atoms with Crippen molar-refractivity contribution in [1.82, 2.24) is 20.5 Å². The van der Waals surface area contributed by atoms with Crippen LogP contribution in [0.15, 0.2) is 42.5 Å². The van der Waals surface area contributed by atoms with Gasteiger partial charge >= 0.3 is 5.69 Å². The van der Waals surface area contributed by atoms with Crippen LogP contribution in [0.25, 0.3) is 11.4 Å². The molecule has 1 aromatic heterocycles. The molecule has 1 amide bonds. The number of nitro groups is 1. The molecule has 0 aliphatic rings. The number of thioether (sulfide) groups is 1. The third-order valence-corrected chi connectivity index (χ3v) is 5.28. The average molecular weight is 443 g/mol. The normalized spacial score (nSPS) is 10.5. The number of amides is 1. The third-order valence-electron chi connectivity index (χ3n) is 4.27. The second-order valence-corrected chi connectivity index (χ2v) is 7.35. The minimum Gasteiger partial charge on any atom is -0.497 e. The Kier molecular flexibility index (Phi) is 7.44. The van der Waals surface area contributed by atoms with Gasteiger partial charge in [0.1, 0.15) is 11.6 Å². The van der Waals surface area contributed by atoms with Crippen LogP contribution in [-0.2, 0) is 17.1 Å². The number of carbonyl (C=O) groups excluding carboxylic acids is 1. The highest BCUT2D eigenvalue weighted by atomic mass is 32.2. The minimum atomic E-state index is -0.489. The van der Waals surface area contributed by atoms with Gasteiger partial charge in [0.2, 0.25) is 5.91 Å². The van der Waals surface area contributed by atoms with E-state index in [1.54, 1.807) is 19.2 Å². The van der Waals surface area contributed by atoms with E-state index in [2.05, 4.69) is 20.5 Å². The number of methoxy groups -OCH3 is 2. The molecule has 0 saturated heterocycles. The Hall–Kier alpha value is -3.60. The summed E-state index contributed by atoms with van der Waals surface area (Å²) in [6, 6.07) is 12.1. The predicted octanol–water partition coefficient (Wildman–Crippen LogP) is 2.95. The summed E-state index contributed by atoms with van der Waals surface area (Å²) in [6.45, 7) is 0.219. The van der Waals surface area contributed by atoms with Crippen LogP contribution in [0.5, 0.6) is 11.5 Å². The molecular formula is C20H21N5O5S. The van der Waals surface area contributed by atoms with Crippen LogP contribution in [0.2, 0.25) is 0 Å². The second kappa shape index (κ2) is 10.4. The fraction of sp³-hybridized carbons (Fsp3) is 0.250. The van der Waals surface area contributed by atoms with Gasteiger partial charge in [-0.15, -0.1) is 11.8 Å². The van der Waals surface area contributed by atoms with Crippen LogP contribution >= 0.6 is 11.8 Å². The molecular weight excluding hydrogens is 422 g/mol. The maximum atomic E-state index is 12.1. The zero-order valence-corrected chi connectivity index (χ0v) is 17.8. The van der Waals surface area contributed by atoms with E-state index in [4.69, 9.17) is 9.47 Å². The molecule has 0 atom stereocenters. The molecule has 10 nitrogen and oxygen atoms in total. The molecule has 0 radical (unpaired) electrons. The number of ether oxygens (including phenoxy) is 2. The van der Waals surface area contributed by atoms with E-state index in [0.717, 1.165) is 16.9 Å². The Morgan fingerprint density at radius 1 is 1.19 bits per heavy atom. The fourth-order valence-corrected chi connectivity index (χ4v) is 3.51. The summed E-state index contributed by atoms with van der Waals surface area (Å²) < 4.78 is 10.1. The van der Waals surface area contributed by atoms with Gasteiger partial charge in [-0.25, -0.2) is 4.98 Å². The molecule has 0 unspecified atom stereocenters.